The molecule has 20 nitrogen and oxygen atoms in total. The van der Waals surface area contributed by atoms with Crippen molar-refractivity contribution in [3.63, 3.8) is 0 Å². The number of aromatic hydroxyl groups is 1. The Hall–Kier alpha value is -5.09. The fourth-order valence-corrected chi connectivity index (χ4v) is 11.0. The van der Waals surface area contributed by atoms with E-state index in [1.807, 2.05) is 4.90 Å². The molecular formula is C44H66N10O10S2. The predicted molar refractivity (Wildman–Crippen MR) is 248 cm³/mol. The minimum Gasteiger partial charge on any atom is -0.508 e. The third-order valence-electron chi connectivity index (χ3n) is 12.8. The first-order chi connectivity index (χ1) is 31.5. The Morgan fingerprint density at radius 1 is 0.742 bits per heavy atom. The summed E-state index contributed by atoms with van der Waals surface area (Å²) in [5.41, 5.74) is 11.6. The molecule has 0 bridgehead atoms. The number of carbonyl (C=O) groups excluding carboxylic acids is 9. The molecular weight excluding hydrogens is 893 g/mol. The summed E-state index contributed by atoms with van der Waals surface area (Å²) in [5.74, 6) is -6.66. The van der Waals surface area contributed by atoms with Crippen LogP contribution in [0.15, 0.2) is 24.3 Å². The van der Waals surface area contributed by atoms with Crippen molar-refractivity contribution >= 4 is 74.8 Å². The maximum Gasteiger partial charge on any atom is 0.246 e. The first kappa shape index (κ1) is 51.9. The number of nitrogens with two attached hydrogens (primary N) is 2. The molecule has 0 saturated carbocycles. The summed E-state index contributed by atoms with van der Waals surface area (Å²) in [4.78, 5) is 128. The number of benzene rings is 1. The first-order valence-electron chi connectivity index (χ1n) is 23.0. The third-order valence-corrected chi connectivity index (χ3v) is 15.2. The molecule has 0 aromatic heterocycles. The van der Waals surface area contributed by atoms with E-state index in [4.69, 9.17) is 11.5 Å². The number of amides is 9. The van der Waals surface area contributed by atoms with Crippen LogP contribution in [-0.4, -0.2) is 159 Å². The van der Waals surface area contributed by atoms with Crippen molar-refractivity contribution in [2.24, 2.45) is 17.4 Å². The molecule has 4 fully saturated rings. The molecule has 0 aliphatic carbocycles. The molecule has 4 heterocycles. The van der Waals surface area contributed by atoms with Crippen molar-refractivity contribution in [2.45, 2.75) is 133 Å². The van der Waals surface area contributed by atoms with E-state index in [1.165, 1.54) is 51.5 Å². The summed E-state index contributed by atoms with van der Waals surface area (Å²) >= 11 is 0. The van der Waals surface area contributed by atoms with Crippen LogP contribution in [0, 0.1) is 5.92 Å². The number of primary amides is 2. The number of hydrogen-bond acceptors (Lipinski definition) is 13. The number of hydrogen-bond donors (Lipinski definition) is 8. The van der Waals surface area contributed by atoms with Gasteiger partial charge in [-0.2, -0.15) is 0 Å². The van der Waals surface area contributed by atoms with Crippen molar-refractivity contribution < 1.29 is 48.3 Å². The van der Waals surface area contributed by atoms with E-state index in [1.54, 1.807) is 26.0 Å². The first-order valence-corrected chi connectivity index (χ1v) is 25.5. The monoisotopic (exact) mass is 958 g/mol. The number of carbonyl (C=O) groups is 9. The molecule has 4 aliphatic rings. The second kappa shape index (κ2) is 25.2. The van der Waals surface area contributed by atoms with Gasteiger partial charge in [-0.25, -0.2) is 0 Å². The van der Waals surface area contributed by atoms with Crippen LogP contribution in [0.2, 0.25) is 0 Å². The Morgan fingerprint density at radius 2 is 1.39 bits per heavy atom. The minimum absolute atomic E-state index is 0.000145. The summed E-state index contributed by atoms with van der Waals surface area (Å²) in [5, 5.41) is 23.1. The average Bonchev–Trinajstić information content (AvgIpc) is 4.02. The maximum absolute atomic E-state index is 14.5. The molecule has 66 heavy (non-hydrogen) atoms. The molecule has 22 heteroatoms. The van der Waals surface area contributed by atoms with Gasteiger partial charge < -0.3 is 57.9 Å². The molecule has 7 atom stereocenters. The van der Waals surface area contributed by atoms with E-state index in [0.29, 0.717) is 44.0 Å². The molecule has 10 N–H and O–H groups in total. The molecule has 4 aliphatic heterocycles. The van der Waals surface area contributed by atoms with Gasteiger partial charge in [-0.05, 0) is 81.6 Å². The van der Waals surface area contributed by atoms with Gasteiger partial charge in [0, 0.05) is 56.4 Å². The van der Waals surface area contributed by atoms with Crippen molar-refractivity contribution in [1.82, 2.24) is 41.3 Å². The number of nitrogens with one attached hydrogen (secondary N) is 5. The number of likely N-dealkylation sites (tertiary alicyclic amines) is 3. The lowest BCUT2D eigenvalue weighted by Gasteiger charge is -2.39. The number of phenols is 1. The topological polar surface area (TPSA) is 296 Å². The van der Waals surface area contributed by atoms with Gasteiger partial charge in [-0.1, -0.05) is 54.0 Å². The van der Waals surface area contributed by atoms with Crippen molar-refractivity contribution in [3.05, 3.63) is 29.8 Å². The van der Waals surface area contributed by atoms with Gasteiger partial charge in [-0.3, -0.25) is 43.2 Å². The molecule has 5 rings (SSSR count). The lowest BCUT2D eigenvalue weighted by molar-refractivity contribution is -0.146. The van der Waals surface area contributed by atoms with Crippen LogP contribution in [0.3, 0.4) is 0 Å². The molecule has 1 aromatic carbocycles. The molecule has 364 valence electrons. The second-order valence-corrected chi connectivity index (χ2v) is 20.2. The zero-order chi connectivity index (χ0) is 47.9. The zero-order valence-electron chi connectivity index (χ0n) is 37.8. The molecule has 4 saturated heterocycles. The van der Waals surface area contributed by atoms with Gasteiger partial charge in [0.1, 0.15) is 42.0 Å². The smallest absolute Gasteiger partial charge is 0.246 e. The van der Waals surface area contributed by atoms with E-state index in [-0.39, 0.29) is 55.4 Å². The number of piperidine rings is 1. The number of rotatable bonds is 12. The standard InChI is InChI=1S/C44H66N10O10S2/c1-3-26(2)38-42(62)48-30(12-13-35(45)56)39(59)49-32(24-36(46)57)40(60)50-33(25-66-65-22-16-37(58)47-31(41(61)51-38)23-27-8-10-29(55)11-9-27)43(63)54-19-6-7-34(54)44(64)53-20-14-28(15-21-53)52-17-4-5-18-52/h8-11,26,28,30-34,38,55H,3-7,12-25H2,1-2H3,(H2,45,56)(H2,46,57)(H,47,58)(H,48,62)(H,49,59)(H,50,60)(H,51,61)/t26-,30-,31-,32-,33-,34-,38-/m0/s1. The highest BCUT2D eigenvalue weighted by Crippen LogP contribution is 2.28. The van der Waals surface area contributed by atoms with Gasteiger partial charge >= 0.3 is 0 Å². The van der Waals surface area contributed by atoms with Crippen LogP contribution in [-0.2, 0) is 49.6 Å². The summed E-state index contributed by atoms with van der Waals surface area (Å²) in [6, 6.07) is -1.06. The quantitative estimate of drug-likeness (QED) is 0.122. The predicted octanol–water partition coefficient (Wildman–Crippen LogP) is -0.591. The van der Waals surface area contributed by atoms with Crippen LogP contribution in [0.5, 0.6) is 5.75 Å². The van der Waals surface area contributed by atoms with E-state index >= 15 is 0 Å². The van der Waals surface area contributed by atoms with Gasteiger partial charge in [0.15, 0.2) is 0 Å². The molecule has 1 aromatic rings. The maximum atomic E-state index is 14.5. The van der Waals surface area contributed by atoms with E-state index in [0.717, 1.165) is 25.9 Å². The van der Waals surface area contributed by atoms with Crippen molar-refractivity contribution in [2.75, 3.05) is 44.2 Å². The summed E-state index contributed by atoms with van der Waals surface area (Å²) in [6.07, 6.45) is 4.00. The van der Waals surface area contributed by atoms with Gasteiger partial charge in [0.2, 0.25) is 53.2 Å². The lowest BCUT2D eigenvalue weighted by Crippen LogP contribution is -2.61. The van der Waals surface area contributed by atoms with Crippen LogP contribution in [0.1, 0.15) is 90.0 Å². The van der Waals surface area contributed by atoms with Crippen LogP contribution < -0.4 is 38.1 Å². The fourth-order valence-electron chi connectivity index (χ4n) is 8.81. The molecule has 0 spiro atoms. The van der Waals surface area contributed by atoms with E-state index in [9.17, 15) is 48.3 Å². The van der Waals surface area contributed by atoms with Crippen molar-refractivity contribution in [1.29, 1.82) is 0 Å². The molecule has 0 radical (unpaired) electrons. The fraction of sp³-hybridized carbons (Fsp3) is 0.659. The van der Waals surface area contributed by atoms with Gasteiger partial charge in [-0.15, -0.1) is 0 Å². The van der Waals surface area contributed by atoms with Gasteiger partial charge in [0.25, 0.3) is 0 Å². The van der Waals surface area contributed by atoms with Crippen LogP contribution in [0.25, 0.3) is 0 Å². The van der Waals surface area contributed by atoms with Crippen molar-refractivity contribution in [3.8, 4) is 5.75 Å². The molecule has 9 amide bonds. The van der Waals surface area contributed by atoms with E-state index in [2.05, 4.69) is 31.5 Å². The Kier molecular flexibility index (Phi) is 19.8. The zero-order valence-corrected chi connectivity index (χ0v) is 39.4. The molecule has 0 unspecified atom stereocenters. The van der Waals surface area contributed by atoms with Gasteiger partial charge in [0.05, 0.1) is 6.42 Å². The third kappa shape index (κ3) is 15.0. The van der Waals surface area contributed by atoms with Crippen LogP contribution in [0.4, 0.5) is 0 Å². The second-order valence-electron chi connectivity index (χ2n) is 17.6. The highest BCUT2D eigenvalue weighted by molar-refractivity contribution is 8.76. The minimum atomic E-state index is -1.64. The Morgan fingerprint density at radius 3 is 2.05 bits per heavy atom. The Labute approximate surface area is 393 Å². The number of nitrogens with zero attached hydrogens (tertiary/aromatic N) is 3. The van der Waals surface area contributed by atoms with E-state index < -0.39 is 95.8 Å². The Bertz CT molecular complexity index is 1910. The highest BCUT2D eigenvalue weighted by atomic mass is 33.1. The summed E-state index contributed by atoms with van der Waals surface area (Å²) in [7, 11) is 2.43. The Balaban J connectivity index is 1.40. The average molecular weight is 959 g/mol. The SMILES string of the molecule is CC[C@H](C)[C@@H]1NC(=O)[C@H](Cc2ccc(O)cc2)NC(=O)CCSSC[C@@H](C(=O)N2CCC[C@H]2C(=O)N2CCC(N3CCCC3)CC2)NC(=O)[C@H](CC(N)=O)NC(=O)[C@H](CCC(N)=O)NC1=O. The summed E-state index contributed by atoms with van der Waals surface area (Å²) < 4.78 is 0. The number of phenolic OH excluding ortho intramolecular Hbond substituents is 1. The normalized spacial score (nSPS) is 26.6. The lowest BCUT2D eigenvalue weighted by atomic mass is 9.96. The highest BCUT2D eigenvalue weighted by Gasteiger charge is 2.42. The summed E-state index contributed by atoms with van der Waals surface area (Å²) in [6.45, 7) is 7.04. The van der Waals surface area contributed by atoms with Crippen LogP contribution >= 0.6 is 21.6 Å². The largest absolute Gasteiger partial charge is 0.508 e.